The Bertz CT molecular complexity index is 1540. The molecule has 11 nitrogen and oxygen atoms in total. The van der Waals surface area contributed by atoms with E-state index in [0.29, 0.717) is 19.3 Å². The van der Waals surface area contributed by atoms with Crippen molar-refractivity contribution in [3.63, 3.8) is 0 Å². The van der Waals surface area contributed by atoms with Gasteiger partial charge in [-0.1, -0.05) is 261 Å². The van der Waals surface area contributed by atoms with Crippen LogP contribution in [0.1, 0.15) is 303 Å². The van der Waals surface area contributed by atoms with Gasteiger partial charge in [0.25, 0.3) is 0 Å². The maximum absolute atomic E-state index is 13.0. The molecule has 0 bridgehead atoms. The number of carbonyl (C=O) groups is 3. The summed E-state index contributed by atoms with van der Waals surface area (Å²) in [7, 11) is -4.76. The summed E-state index contributed by atoms with van der Waals surface area (Å²) < 4.78 is 39.7. The number of hydrogen-bond donors (Lipinski definition) is 2. The van der Waals surface area contributed by atoms with Gasteiger partial charge in [0.05, 0.1) is 19.8 Å². The number of aliphatic hydroxyl groups excluding tert-OH is 1. The second kappa shape index (κ2) is 60.3. The Hall–Kier alpha value is -2.82. The maximum atomic E-state index is 13.0. The second-order valence-corrected chi connectivity index (χ2v) is 23.0. The molecule has 0 radical (unpaired) electrons. The average molecular weight is 1120 g/mol. The average Bonchev–Trinajstić information content (AvgIpc) is 3.43. The lowest BCUT2D eigenvalue weighted by Crippen LogP contribution is -2.30. The number of carbonyl (C=O) groups excluding carboxylic acids is 3. The molecule has 0 rings (SSSR count). The first-order valence-electron chi connectivity index (χ1n) is 32.2. The number of unbranched alkanes of at least 4 members (excludes halogenated alkanes) is 33. The molecule has 0 fully saturated rings. The highest BCUT2D eigenvalue weighted by molar-refractivity contribution is 7.47. The molecule has 0 aromatic heterocycles. The van der Waals surface area contributed by atoms with Gasteiger partial charge in [-0.3, -0.25) is 23.4 Å². The molecule has 0 saturated carbocycles. The smallest absolute Gasteiger partial charge is 0.462 e. The Balaban J connectivity index is 4.71. The minimum absolute atomic E-state index is 0.167. The molecule has 0 aliphatic heterocycles. The van der Waals surface area contributed by atoms with Crippen molar-refractivity contribution in [2.75, 3.05) is 26.4 Å². The van der Waals surface area contributed by atoms with Gasteiger partial charge in [-0.2, -0.15) is 0 Å². The first-order valence-corrected chi connectivity index (χ1v) is 33.7. The minimum Gasteiger partial charge on any atom is -0.462 e. The summed E-state index contributed by atoms with van der Waals surface area (Å²) in [5.74, 6) is -1.47. The van der Waals surface area contributed by atoms with Gasteiger partial charge >= 0.3 is 25.7 Å². The van der Waals surface area contributed by atoms with Crippen LogP contribution in [0.2, 0.25) is 0 Å². The molecule has 0 aliphatic carbocycles. The van der Waals surface area contributed by atoms with Crippen molar-refractivity contribution in [1.29, 1.82) is 0 Å². The molecule has 78 heavy (non-hydrogen) atoms. The standard InChI is InChI=1S/C66H119O11P/c1-4-7-10-13-16-19-22-25-28-30-31-33-35-37-40-43-46-49-52-55-64(68)73-59-63(77-66(70)57-54-51-48-45-42-39-36-32-29-26-23-20-17-14-11-8-5-2)61-75-78(71,72)74-60-62(58-67)76-65(69)56-53-50-47-44-41-38-34-27-24-21-18-15-12-9-6-3/h7,10,16,19,25,27-28,31,33-34,62-63,67H,4-6,8-9,11-15,17-18,20-24,26,29-30,32,35-61H2,1-3H3,(H,71,72)/b10-7-,19-16-,28-25-,33-31-,34-27-. The highest BCUT2D eigenvalue weighted by atomic mass is 31.2. The zero-order valence-electron chi connectivity index (χ0n) is 50.4. The number of allylic oxidation sites excluding steroid dienone is 10. The third-order valence-corrected chi connectivity index (χ3v) is 14.9. The summed E-state index contributed by atoms with van der Waals surface area (Å²) in [5.41, 5.74) is 0. The molecule has 454 valence electrons. The highest BCUT2D eigenvalue weighted by Gasteiger charge is 2.28. The number of esters is 3. The summed E-state index contributed by atoms with van der Waals surface area (Å²) in [4.78, 5) is 48.7. The molecule has 2 N–H and O–H groups in total. The lowest BCUT2D eigenvalue weighted by molar-refractivity contribution is -0.161. The van der Waals surface area contributed by atoms with Crippen LogP contribution in [-0.2, 0) is 42.2 Å². The van der Waals surface area contributed by atoms with E-state index in [9.17, 15) is 28.9 Å². The Morgan fingerprint density at radius 3 is 1.04 bits per heavy atom. The first kappa shape index (κ1) is 75.2. The van der Waals surface area contributed by atoms with E-state index in [-0.39, 0.29) is 25.9 Å². The quantitative estimate of drug-likeness (QED) is 0.0197. The Labute approximate surface area is 478 Å². The summed E-state index contributed by atoms with van der Waals surface area (Å²) in [6.07, 6.45) is 67.4. The second-order valence-electron chi connectivity index (χ2n) is 21.6. The fourth-order valence-electron chi connectivity index (χ4n) is 9.05. The van der Waals surface area contributed by atoms with E-state index in [0.717, 1.165) is 122 Å². The van der Waals surface area contributed by atoms with Gasteiger partial charge in [-0.05, 0) is 83.5 Å². The molecule has 0 aromatic carbocycles. The molecule has 0 spiro atoms. The summed E-state index contributed by atoms with van der Waals surface area (Å²) >= 11 is 0. The number of phosphoric ester groups is 1. The topological polar surface area (TPSA) is 155 Å². The molecule has 0 heterocycles. The zero-order valence-corrected chi connectivity index (χ0v) is 51.3. The van der Waals surface area contributed by atoms with Crippen molar-refractivity contribution >= 4 is 25.7 Å². The SMILES string of the molecule is CC/C=C\C/C=C\C/C=C\C/C=C\CCCCCCCCC(=O)OCC(COP(=O)(O)OCC(CO)OC(=O)CCCCCCC/C=C\CCCCCCCC)OC(=O)CCCCCCCCCCCCCCCCCCC. The third kappa shape index (κ3) is 57.9. The van der Waals surface area contributed by atoms with Gasteiger partial charge in [0.2, 0.25) is 0 Å². The summed E-state index contributed by atoms with van der Waals surface area (Å²) in [6.45, 7) is 4.56. The predicted molar refractivity (Wildman–Crippen MR) is 325 cm³/mol. The number of phosphoric acid groups is 1. The zero-order chi connectivity index (χ0) is 56.9. The first-order chi connectivity index (χ1) is 38.2. The van der Waals surface area contributed by atoms with Crippen LogP contribution in [0.4, 0.5) is 0 Å². The van der Waals surface area contributed by atoms with Crippen molar-refractivity contribution in [3.05, 3.63) is 60.8 Å². The lowest BCUT2D eigenvalue weighted by atomic mass is 10.0. The van der Waals surface area contributed by atoms with E-state index in [2.05, 4.69) is 81.5 Å². The number of aliphatic hydroxyl groups is 1. The summed E-state index contributed by atoms with van der Waals surface area (Å²) in [6, 6.07) is 0. The lowest BCUT2D eigenvalue weighted by Gasteiger charge is -2.21. The Kier molecular flexibility index (Phi) is 58.1. The van der Waals surface area contributed by atoms with E-state index in [1.807, 2.05) is 0 Å². The van der Waals surface area contributed by atoms with Crippen LogP contribution in [-0.4, -0.2) is 66.5 Å². The van der Waals surface area contributed by atoms with E-state index in [1.54, 1.807) is 0 Å². The summed E-state index contributed by atoms with van der Waals surface area (Å²) in [5, 5.41) is 9.84. The van der Waals surface area contributed by atoms with Crippen LogP contribution in [0.15, 0.2) is 60.8 Å². The molecule has 12 heteroatoms. The Morgan fingerprint density at radius 2 is 0.667 bits per heavy atom. The molecule has 0 saturated heterocycles. The minimum atomic E-state index is -4.76. The molecule has 3 atom stereocenters. The van der Waals surface area contributed by atoms with Crippen molar-refractivity contribution in [2.24, 2.45) is 0 Å². The van der Waals surface area contributed by atoms with Crippen molar-refractivity contribution in [2.45, 2.75) is 315 Å². The van der Waals surface area contributed by atoms with Crippen LogP contribution in [0.5, 0.6) is 0 Å². The molecule has 0 aromatic rings. The molecule has 0 aliphatic rings. The van der Waals surface area contributed by atoms with Crippen LogP contribution in [0.25, 0.3) is 0 Å². The number of ether oxygens (including phenoxy) is 3. The fraction of sp³-hybridized carbons (Fsp3) is 0.803. The highest BCUT2D eigenvalue weighted by Crippen LogP contribution is 2.43. The monoisotopic (exact) mass is 1120 g/mol. The van der Waals surface area contributed by atoms with Crippen LogP contribution < -0.4 is 0 Å². The van der Waals surface area contributed by atoms with E-state index in [4.69, 9.17) is 23.3 Å². The van der Waals surface area contributed by atoms with Gasteiger partial charge in [0.15, 0.2) is 6.10 Å². The molecular formula is C66H119O11P. The van der Waals surface area contributed by atoms with Gasteiger partial charge in [0, 0.05) is 19.3 Å². The Morgan fingerprint density at radius 1 is 0.372 bits per heavy atom. The number of hydrogen-bond acceptors (Lipinski definition) is 10. The molecule has 3 unspecified atom stereocenters. The van der Waals surface area contributed by atoms with Gasteiger partial charge in [-0.15, -0.1) is 0 Å². The predicted octanol–water partition coefficient (Wildman–Crippen LogP) is 19.5. The van der Waals surface area contributed by atoms with Gasteiger partial charge in [-0.25, -0.2) is 4.57 Å². The third-order valence-electron chi connectivity index (χ3n) is 13.9. The number of rotatable bonds is 60. The van der Waals surface area contributed by atoms with Crippen molar-refractivity contribution < 1.29 is 52.2 Å². The van der Waals surface area contributed by atoms with Gasteiger partial charge < -0.3 is 24.2 Å². The van der Waals surface area contributed by atoms with Crippen LogP contribution in [0, 0.1) is 0 Å². The normalized spacial score (nSPS) is 13.7. The maximum Gasteiger partial charge on any atom is 0.472 e. The van der Waals surface area contributed by atoms with Gasteiger partial charge in [0.1, 0.15) is 12.7 Å². The van der Waals surface area contributed by atoms with E-state index in [1.165, 1.54) is 122 Å². The van der Waals surface area contributed by atoms with Crippen molar-refractivity contribution in [1.82, 2.24) is 0 Å². The fourth-order valence-corrected chi connectivity index (χ4v) is 9.83. The van der Waals surface area contributed by atoms with Crippen LogP contribution >= 0.6 is 7.82 Å². The van der Waals surface area contributed by atoms with E-state index >= 15 is 0 Å². The molecule has 0 amide bonds. The largest absolute Gasteiger partial charge is 0.472 e. The molecular weight excluding hydrogens is 1000 g/mol. The van der Waals surface area contributed by atoms with Crippen LogP contribution in [0.3, 0.4) is 0 Å². The van der Waals surface area contributed by atoms with Crippen molar-refractivity contribution in [3.8, 4) is 0 Å². The van der Waals surface area contributed by atoms with E-state index < -0.39 is 57.8 Å².